The minimum absolute atomic E-state index is 0.135. The predicted molar refractivity (Wildman–Crippen MR) is 135 cm³/mol. The molecular weight excluding hydrogens is 424 g/mol. The van der Waals surface area contributed by atoms with Crippen molar-refractivity contribution in [2.45, 2.75) is 124 Å². The summed E-state index contributed by atoms with van der Waals surface area (Å²) < 4.78 is 5.90. The van der Waals surface area contributed by atoms with Crippen LogP contribution < -0.4 is 0 Å². The summed E-state index contributed by atoms with van der Waals surface area (Å²) >= 11 is 0. The van der Waals surface area contributed by atoms with Gasteiger partial charge in [0.05, 0.1) is 0 Å². The van der Waals surface area contributed by atoms with Crippen LogP contribution >= 0.6 is 0 Å². The van der Waals surface area contributed by atoms with Crippen molar-refractivity contribution >= 4 is 12.3 Å². The zero-order chi connectivity index (χ0) is 24.9. The Kier molecular flexibility index (Phi) is 7.33. The number of rotatable bonds is 7. The van der Waals surface area contributed by atoms with Crippen molar-refractivity contribution < 1.29 is 19.4 Å². The van der Waals surface area contributed by atoms with E-state index in [1.165, 1.54) is 45.4 Å². The molecule has 1 unspecified atom stereocenters. The molecule has 1 N–H and O–H groups in total. The lowest BCUT2D eigenvalue weighted by molar-refractivity contribution is -0.263. The molecule has 0 heterocycles. The van der Waals surface area contributed by atoms with Crippen LogP contribution in [0.15, 0.2) is 0 Å². The minimum atomic E-state index is -1.10. The lowest BCUT2D eigenvalue weighted by Gasteiger charge is -2.65. The lowest BCUT2D eigenvalue weighted by Crippen LogP contribution is -2.68. The van der Waals surface area contributed by atoms with Crippen LogP contribution in [0, 0.1) is 52.3 Å². The molecule has 0 aromatic rings. The average Bonchev–Trinajstić information content (AvgIpc) is 3.11. The van der Waals surface area contributed by atoms with E-state index in [1.54, 1.807) is 0 Å². The maximum absolute atomic E-state index is 12.2. The van der Waals surface area contributed by atoms with Crippen LogP contribution in [0.3, 0.4) is 0 Å². The largest absolute Gasteiger partial charge is 0.459 e. The van der Waals surface area contributed by atoms with Gasteiger partial charge in [-0.2, -0.15) is 0 Å². The first kappa shape index (κ1) is 26.2. The van der Waals surface area contributed by atoms with Gasteiger partial charge in [0.1, 0.15) is 18.0 Å². The monoisotopic (exact) mass is 474 g/mol. The van der Waals surface area contributed by atoms with Gasteiger partial charge < -0.3 is 14.6 Å². The molecule has 0 spiro atoms. The fraction of sp³-hybridized carbons (Fsp3) is 0.933. The summed E-state index contributed by atoms with van der Waals surface area (Å²) in [5.74, 6) is 3.46. The van der Waals surface area contributed by atoms with Crippen LogP contribution in [0.5, 0.6) is 0 Å². The van der Waals surface area contributed by atoms with Crippen LogP contribution in [0.25, 0.3) is 0 Å². The van der Waals surface area contributed by atoms with E-state index in [9.17, 15) is 14.7 Å². The van der Waals surface area contributed by atoms with Crippen LogP contribution in [0.1, 0.15) is 112 Å². The molecule has 4 heteroatoms. The molecule has 4 saturated carbocycles. The Balaban J connectivity index is 1.59. The first-order chi connectivity index (χ1) is 16.0. The molecule has 4 fully saturated rings. The normalized spacial score (nSPS) is 46.8. The topological polar surface area (TPSA) is 63.6 Å². The first-order valence-corrected chi connectivity index (χ1v) is 14.3. The van der Waals surface area contributed by atoms with Gasteiger partial charge in [-0.3, -0.25) is 4.79 Å². The Labute approximate surface area is 208 Å². The lowest BCUT2D eigenvalue weighted by atomic mass is 9.42. The number of hydrogen-bond donors (Lipinski definition) is 1. The third kappa shape index (κ3) is 4.18. The summed E-state index contributed by atoms with van der Waals surface area (Å²) in [4.78, 5) is 23.8. The quantitative estimate of drug-likeness (QED) is 0.334. The maximum atomic E-state index is 12.2. The Hall–Kier alpha value is -0.900. The Morgan fingerprint density at radius 1 is 1.06 bits per heavy atom. The van der Waals surface area contributed by atoms with E-state index >= 15 is 0 Å². The summed E-state index contributed by atoms with van der Waals surface area (Å²) in [6.07, 6.45) is 12.4. The highest BCUT2D eigenvalue weighted by atomic mass is 16.6. The highest BCUT2D eigenvalue weighted by Crippen LogP contribution is 2.69. The van der Waals surface area contributed by atoms with Gasteiger partial charge in [0.15, 0.2) is 0 Å². The van der Waals surface area contributed by atoms with E-state index in [0.717, 1.165) is 49.7 Å². The number of fused-ring (bicyclic) bond motifs is 5. The molecule has 0 aromatic carbocycles. The van der Waals surface area contributed by atoms with E-state index in [4.69, 9.17) is 4.74 Å². The standard InChI is InChI=1S/C30H50O4/c1-19(2)8-7-9-20(3)24-10-11-25-23-16-27(34-21(4)32)30(33)17-22(18-31)12-15-29(30,6)26(23)13-14-28(24,25)5/h18-20,22-27,33H,7-17H2,1-6H3/t20-,22?,23+,24-,25+,26+,27-,28-,29-,30+/m1/s1. The first-order valence-electron chi connectivity index (χ1n) is 14.3. The Bertz CT molecular complexity index is 763. The van der Waals surface area contributed by atoms with Gasteiger partial charge in [-0.1, -0.05) is 53.9 Å². The van der Waals surface area contributed by atoms with Gasteiger partial charge in [-0.05, 0) is 92.3 Å². The number of carbonyl (C=O) groups is 2. The average molecular weight is 475 g/mol. The number of carbonyl (C=O) groups excluding carboxylic acids is 2. The molecule has 0 saturated heterocycles. The van der Waals surface area contributed by atoms with Gasteiger partial charge in [-0.15, -0.1) is 0 Å². The SMILES string of the molecule is CC(=O)O[C@@H]1C[C@H]2[C@@H]3CC[C@H]([C@H](C)CCCC(C)C)[C@@]3(C)CC[C@@H]2[C@@]2(C)CCC(C=O)C[C@]12O. The van der Waals surface area contributed by atoms with Crippen molar-refractivity contribution in [1.82, 2.24) is 0 Å². The summed E-state index contributed by atoms with van der Waals surface area (Å²) in [7, 11) is 0. The molecule has 0 radical (unpaired) electrons. The maximum Gasteiger partial charge on any atom is 0.303 e. The van der Waals surface area contributed by atoms with E-state index in [2.05, 4.69) is 34.6 Å². The second kappa shape index (κ2) is 9.52. The van der Waals surface area contributed by atoms with Crippen LogP contribution in [0.2, 0.25) is 0 Å². The van der Waals surface area contributed by atoms with Crippen molar-refractivity contribution in [3.8, 4) is 0 Å². The van der Waals surface area contributed by atoms with Gasteiger partial charge in [0.25, 0.3) is 0 Å². The van der Waals surface area contributed by atoms with E-state index in [1.807, 2.05) is 0 Å². The fourth-order valence-corrected chi connectivity index (χ4v) is 9.78. The predicted octanol–water partition coefficient (Wildman–Crippen LogP) is 6.58. The molecule has 0 aliphatic heterocycles. The molecule has 0 bridgehead atoms. The molecule has 4 aliphatic rings. The van der Waals surface area contributed by atoms with E-state index < -0.39 is 11.7 Å². The van der Waals surface area contributed by atoms with Crippen molar-refractivity contribution in [3.05, 3.63) is 0 Å². The smallest absolute Gasteiger partial charge is 0.303 e. The van der Waals surface area contributed by atoms with Gasteiger partial charge in [0, 0.05) is 18.3 Å². The number of esters is 1. The third-order valence-corrected chi connectivity index (χ3v) is 11.6. The highest BCUT2D eigenvalue weighted by Gasteiger charge is 2.68. The van der Waals surface area contributed by atoms with Crippen LogP contribution in [-0.2, 0) is 14.3 Å². The molecule has 0 amide bonds. The molecule has 4 rings (SSSR count). The van der Waals surface area contributed by atoms with Gasteiger partial charge in [-0.25, -0.2) is 0 Å². The molecule has 34 heavy (non-hydrogen) atoms. The van der Waals surface area contributed by atoms with Crippen LogP contribution in [0.4, 0.5) is 0 Å². The number of hydrogen-bond acceptors (Lipinski definition) is 4. The van der Waals surface area contributed by atoms with E-state index in [0.29, 0.717) is 29.6 Å². The second-order valence-corrected chi connectivity index (χ2v) is 13.7. The molecule has 4 nitrogen and oxygen atoms in total. The molecule has 4 aliphatic carbocycles. The second-order valence-electron chi connectivity index (χ2n) is 13.7. The molecular formula is C30H50O4. The zero-order valence-electron chi connectivity index (χ0n) is 22.6. The van der Waals surface area contributed by atoms with Gasteiger partial charge in [0.2, 0.25) is 0 Å². The number of ether oxygens (including phenoxy) is 1. The third-order valence-electron chi connectivity index (χ3n) is 11.6. The molecule has 0 aromatic heterocycles. The van der Waals surface area contributed by atoms with Crippen molar-refractivity contribution in [1.29, 1.82) is 0 Å². The van der Waals surface area contributed by atoms with Crippen LogP contribution in [-0.4, -0.2) is 29.1 Å². The van der Waals surface area contributed by atoms with Crippen molar-refractivity contribution in [2.24, 2.45) is 52.3 Å². The van der Waals surface area contributed by atoms with Crippen molar-refractivity contribution in [2.75, 3.05) is 0 Å². The van der Waals surface area contributed by atoms with E-state index in [-0.39, 0.29) is 17.3 Å². The zero-order valence-corrected chi connectivity index (χ0v) is 22.6. The Morgan fingerprint density at radius 3 is 2.44 bits per heavy atom. The summed E-state index contributed by atoms with van der Waals surface area (Å²) in [5, 5.41) is 12.2. The minimum Gasteiger partial charge on any atom is -0.459 e. The highest BCUT2D eigenvalue weighted by molar-refractivity contribution is 5.66. The fourth-order valence-electron chi connectivity index (χ4n) is 9.78. The summed E-state index contributed by atoms with van der Waals surface area (Å²) in [6, 6.07) is 0. The number of aliphatic hydroxyl groups is 1. The molecule has 194 valence electrons. The van der Waals surface area contributed by atoms with Crippen molar-refractivity contribution in [3.63, 3.8) is 0 Å². The van der Waals surface area contributed by atoms with Gasteiger partial charge >= 0.3 is 5.97 Å². The Morgan fingerprint density at radius 2 is 1.79 bits per heavy atom. The molecule has 10 atom stereocenters. The number of aldehydes is 1. The summed E-state index contributed by atoms with van der Waals surface area (Å²) in [5.41, 5.74) is -1.04. The summed E-state index contributed by atoms with van der Waals surface area (Å²) in [6.45, 7) is 13.4.